The summed E-state index contributed by atoms with van der Waals surface area (Å²) in [4.78, 5) is 9.16. The summed E-state index contributed by atoms with van der Waals surface area (Å²) in [5, 5.41) is 6.85. The van der Waals surface area contributed by atoms with Crippen LogP contribution >= 0.6 is 0 Å². The van der Waals surface area contributed by atoms with Crippen molar-refractivity contribution in [2.75, 3.05) is 26.2 Å². The molecule has 4 heteroatoms. The van der Waals surface area contributed by atoms with E-state index in [2.05, 4.69) is 70.0 Å². The van der Waals surface area contributed by atoms with E-state index < -0.39 is 0 Å². The minimum atomic E-state index is 0.533. The molecule has 0 fully saturated rings. The second-order valence-electron chi connectivity index (χ2n) is 9.18. The number of amidine groups is 2. The lowest BCUT2D eigenvalue weighted by molar-refractivity contribution is 0.641. The molecule has 2 N–H and O–H groups in total. The first-order valence-corrected chi connectivity index (χ1v) is 12.0. The molecule has 2 heterocycles. The maximum absolute atomic E-state index is 4.59. The van der Waals surface area contributed by atoms with E-state index in [4.69, 9.17) is 0 Å². The molecule has 0 bridgehead atoms. The third kappa shape index (κ3) is 4.39. The molecule has 4 aliphatic rings. The highest BCUT2D eigenvalue weighted by Crippen LogP contribution is 2.34. The first-order valence-electron chi connectivity index (χ1n) is 12.0. The standard InChI is InChI=1S/C14H18N2.C13H16N2/c1-10-5-6-11-3-2-4-12(13(11)9-10)14-15-7-8-16-14;1-2-6-11-10(4-1)5-3-7-12(11)13-14-8-9-15-13/h5-6,9,12H,2-4,7-8H2,1H3,(H,15,16);1-2,4,6,12H,3,5,7-9H2,(H,14,15). The van der Waals surface area contributed by atoms with Crippen molar-refractivity contribution in [1.82, 2.24) is 10.6 Å². The summed E-state index contributed by atoms with van der Waals surface area (Å²) in [7, 11) is 0. The largest absolute Gasteiger partial charge is 0.371 e. The molecule has 2 aliphatic carbocycles. The molecule has 2 aromatic rings. The molecular weight excluding hydrogens is 380 g/mol. The summed E-state index contributed by atoms with van der Waals surface area (Å²) in [6.07, 6.45) is 7.56. The fraction of sp³-hybridized carbons (Fsp3) is 0.481. The van der Waals surface area contributed by atoms with Crippen molar-refractivity contribution in [2.45, 2.75) is 57.3 Å². The van der Waals surface area contributed by atoms with Gasteiger partial charge < -0.3 is 10.6 Å². The number of aryl methyl sites for hydroxylation is 3. The molecule has 2 unspecified atom stereocenters. The summed E-state index contributed by atoms with van der Waals surface area (Å²) in [6.45, 7) is 6.12. The summed E-state index contributed by atoms with van der Waals surface area (Å²) in [5.41, 5.74) is 7.42. The smallest absolute Gasteiger partial charge is 0.104 e. The summed E-state index contributed by atoms with van der Waals surface area (Å²) >= 11 is 0. The Bertz CT molecular complexity index is 990. The van der Waals surface area contributed by atoms with Crippen LogP contribution in [-0.4, -0.2) is 37.9 Å². The fourth-order valence-electron chi connectivity index (χ4n) is 5.54. The second-order valence-corrected chi connectivity index (χ2v) is 9.18. The topological polar surface area (TPSA) is 48.8 Å². The zero-order valence-corrected chi connectivity index (χ0v) is 18.7. The fourth-order valence-corrected chi connectivity index (χ4v) is 5.54. The van der Waals surface area contributed by atoms with Crippen molar-refractivity contribution in [3.63, 3.8) is 0 Å². The van der Waals surface area contributed by atoms with E-state index in [9.17, 15) is 0 Å². The number of aliphatic imine (C=N–C) groups is 2. The maximum atomic E-state index is 4.59. The molecule has 0 saturated carbocycles. The van der Waals surface area contributed by atoms with E-state index in [0.29, 0.717) is 11.8 Å². The Morgan fingerprint density at radius 1 is 0.742 bits per heavy atom. The van der Waals surface area contributed by atoms with Crippen LogP contribution in [0.25, 0.3) is 0 Å². The van der Waals surface area contributed by atoms with Crippen LogP contribution in [-0.2, 0) is 12.8 Å². The number of nitrogens with zero attached hydrogens (tertiary/aromatic N) is 2. The van der Waals surface area contributed by atoms with Crippen molar-refractivity contribution in [3.05, 3.63) is 70.3 Å². The van der Waals surface area contributed by atoms with Gasteiger partial charge >= 0.3 is 0 Å². The number of hydrogen-bond donors (Lipinski definition) is 2. The van der Waals surface area contributed by atoms with E-state index in [1.807, 2.05) is 0 Å². The Labute approximate surface area is 186 Å². The Morgan fingerprint density at radius 2 is 1.35 bits per heavy atom. The summed E-state index contributed by atoms with van der Waals surface area (Å²) < 4.78 is 0. The third-order valence-corrected chi connectivity index (χ3v) is 7.05. The molecule has 2 aliphatic heterocycles. The van der Waals surface area contributed by atoms with E-state index >= 15 is 0 Å². The van der Waals surface area contributed by atoms with Gasteiger partial charge in [0.15, 0.2) is 0 Å². The van der Waals surface area contributed by atoms with Gasteiger partial charge in [0.1, 0.15) is 11.7 Å². The monoisotopic (exact) mass is 414 g/mol. The van der Waals surface area contributed by atoms with Gasteiger partial charge in [-0.3, -0.25) is 9.98 Å². The van der Waals surface area contributed by atoms with Crippen molar-refractivity contribution in [1.29, 1.82) is 0 Å². The minimum Gasteiger partial charge on any atom is -0.371 e. The molecule has 2 atom stereocenters. The van der Waals surface area contributed by atoms with Crippen LogP contribution in [0.3, 0.4) is 0 Å². The molecule has 4 nitrogen and oxygen atoms in total. The first-order chi connectivity index (χ1) is 15.3. The Kier molecular flexibility index (Phi) is 6.06. The van der Waals surface area contributed by atoms with E-state index in [1.54, 1.807) is 0 Å². The van der Waals surface area contributed by atoms with Crippen LogP contribution in [0.5, 0.6) is 0 Å². The number of fused-ring (bicyclic) bond motifs is 2. The molecular formula is C27H34N4. The molecule has 0 aromatic heterocycles. The minimum absolute atomic E-state index is 0.533. The van der Waals surface area contributed by atoms with Gasteiger partial charge in [0.2, 0.25) is 0 Å². The average molecular weight is 415 g/mol. The Morgan fingerprint density at radius 3 is 2.00 bits per heavy atom. The quantitative estimate of drug-likeness (QED) is 0.759. The van der Waals surface area contributed by atoms with Gasteiger partial charge in [-0.2, -0.15) is 0 Å². The van der Waals surface area contributed by atoms with E-state index in [-0.39, 0.29) is 0 Å². The molecule has 0 spiro atoms. The third-order valence-electron chi connectivity index (χ3n) is 7.05. The SMILES string of the molecule is Cc1ccc2c(c1)C(C1=NCCN1)CCC2.c1ccc2c(c1)CCCC2C1=NCCN1. The predicted molar refractivity (Wildman–Crippen MR) is 130 cm³/mol. The zero-order chi connectivity index (χ0) is 21.0. The van der Waals surface area contributed by atoms with E-state index in [0.717, 1.165) is 26.2 Å². The van der Waals surface area contributed by atoms with Gasteiger partial charge in [-0.05, 0) is 67.7 Å². The first kappa shape index (κ1) is 20.3. The highest BCUT2D eigenvalue weighted by Gasteiger charge is 2.26. The van der Waals surface area contributed by atoms with Gasteiger partial charge in [-0.25, -0.2) is 0 Å². The number of rotatable bonds is 2. The normalized spacial score (nSPS) is 23.9. The average Bonchev–Trinajstić information content (AvgIpc) is 3.53. The van der Waals surface area contributed by atoms with Crippen LogP contribution in [0.15, 0.2) is 52.4 Å². The maximum Gasteiger partial charge on any atom is 0.104 e. The van der Waals surface area contributed by atoms with Crippen LogP contribution in [0.1, 0.15) is 65.3 Å². The molecule has 162 valence electrons. The van der Waals surface area contributed by atoms with Gasteiger partial charge in [0, 0.05) is 24.9 Å². The van der Waals surface area contributed by atoms with Gasteiger partial charge in [0.25, 0.3) is 0 Å². The van der Waals surface area contributed by atoms with Gasteiger partial charge in [-0.15, -0.1) is 0 Å². The Balaban J connectivity index is 0.000000132. The number of nitrogens with one attached hydrogen (secondary N) is 2. The molecule has 0 saturated heterocycles. The van der Waals surface area contributed by atoms with Crippen molar-refractivity contribution >= 4 is 11.7 Å². The molecule has 2 aromatic carbocycles. The summed E-state index contributed by atoms with van der Waals surface area (Å²) in [6, 6.07) is 15.7. The molecule has 0 amide bonds. The second kappa shape index (κ2) is 9.25. The number of hydrogen-bond acceptors (Lipinski definition) is 4. The van der Waals surface area contributed by atoms with Crippen molar-refractivity contribution in [3.8, 4) is 0 Å². The Hall–Kier alpha value is -2.62. The van der Waals surface area contributed by atoms with Gasteiger partial charge in [0.05, 0.1) is 13.1 Å². The lowest BCUT2D eigenvalue weighted by Gasteiger charge is -2.26. The highest BCUT2D eigenvalue weighted by molar-refractivity contribution is 5.91. The zero-order valence-electron chi connectivity index (χ0n) is 18.7. The lowest BCUT2D eigenvalue weighted by Crippen LogP contribution is -2.28. The van der Waals surface area contributed by atoms with E-state index in [1.165, 1.54) is 78.0 Å². The molecule has 0 radical (unpaired) electrons. The predicted octanol–water partition coefficient (Wildman–Crippen LogP) is 4.52. The van der Waals surface area contributed by atoms with Crippen LogP contribution < -0.4 is 10.6 Å². The van der Waals surface area contributed by atoms with Crippen LogP contribution in [0.4, 0.5) is 0 Å². The van der Waals surface area contributed by atoms with Crippen LogP contribution in [0, 0.1) is 6.92 Å². The lowest BCUT2D eigenvalue weighted by atomic mass is 9.81. The van der Waals surface area contributed by atoms with Gasteiger partial charge in [-0.1, -0.05) is 48.0 Å². The van der Waals surface area contributed by atoms with Crippen molar-refractivity contribution < 1.29 is 0 Å². The highest BCUT2D eigenvalue weighted by atomic mass is 15.1. The molecule has 31 heavy (non-hydrogen) atoms. The van der Waals surface area contributed by atoms with Crippen molar-refractivity contribution in [2.24, 2.45) is 9.98 Å². The number of benzene rings is 2. The molecule has 6 rings (SSSR count). The summed E-state index contributed by atoms with van der Waals surface area (Å²) in [5.74, 6) is 3.53. The van der Waals surface area contributed by atoms with Crippen LogP contribution in [0.2, 0.25) is 0 Å².